The molecule has 45 heavy (non-hydrogen) atoms. The number of ether oxygens (including phenoxy) is 2. The summed E-state index contributed by atoms with van der Waals surface area (Å²) in [5, 5.41) is 0. The van der Waals surface area contributed by atoms with Crippen LogP contribution in [-0.2, 0) is 9.47 Å². The smallest absolute Gasteiger partial charge is 0.168 e. The molecule has 1 heterocycles. The number of nitrogens with zero attached hydrogens (tertiary/aromatic N) is 1. The molecule has 0 aromatic carbocycles. The summed E-state index contributed by atoms with van der Waals surface area (Å²) in [6.45, 7) is 6.30. The zero-order valence-corrected chi connectivity index (χ0v) is 31.3. The highest BCUT2D eigenvalue weighted by Crippen LogP contribution is 2.35. The van der Waals surface area contributed by atoms with Crippen LogP contribution in [0.2, 0.25) is 0 Å². The monoisotopic (exact) mass is 632 g/mol. The van der Waals surface area contributed by atoms with Gasteiger partial charge in [-0.05, 0) is 59.0 Å². The van der Waals surface area contributed by atoms with Gasteiger partial charge < -0.3 is 14.4 Å². The Labute approximate surface area is 283 Å². The average Bonchev–Trinajstić information content (AvgIpc) is 3.42. The van der Waals surface area contributed by atoms with Gasteiger partial charge in [-0.1, -0.05) is 173 Å². The number of hydrogen-bond acceptors (Lipinski definition) is 3. The summed E-state index contributed by atoms with van der Waals surface area (Å²) < 4.78 is 13.1. The van der Waals surface area contributed by atoms with E-state index in [4.69, 9.17) is 9.47 Å². The first-order valence-electron chi connectivity index (χ1n) is 20.4. The second-order valence-corrected chi connectivity index (χ2v) is 14.6. The van der Waals surface area contributed by atoms with Crippen LogP contribution in [0.15, 0.2) is 24.3 Å². The molecule has 0 amide bonds. The Morgan fingerprint density at radius 1 is 0.511 bits per heavy atom. The van der Waals surface area contributed by atoms with E-state index in [1.807, 2.05) is 0 Å². The predicted molar refractivity (Wildman–Crippen MR) is 200 cm³/mol. The van der Waals surface area contributed by atoms with Gasteiger partial charge in [-0.2, -0.15) is 0 Å². The van der Waals surface area contributed by atoms with Crippen LogP contribution in [0.5, 0.6) is 0 Å². The van der Waals surface area contributed by atoms with Gasteiger partial charge in [0.1, 0.15) is 0 Å². The lowest BCUT2D eigenvalue weighted by Crippen LogP contribution is -2.33. The minimum Gasteiger partial charge on any atom is -0.347 e. The number of hydrogen-bond donors (Lipinski definition) is 0. The fourth-order valence-corrected chi connectivity index (χ4v) is 6.83. The van der Waals surface area contributed by atoms with E-state index in [9.17, 15) is 0 Å². The van der Waals surface area contributed by atoms with Crippen molar-refractivity contribution in [3.05, 3.63) is 24.3 Å². The van der Waals surface area contributed by atoms with E-state index in [1.54, 1.807) is 0 Å². The van der Waals surface area contributed by atoms with Gasteiger partial charge in [0.15, 0.2) is 5.79 Å². The van der Waals surface area contributed by atoms with Crippen molar-refractivity contribution >= 4 is 0 Å². The van der Waals surface area contributed by atoms with E-state index >= 15 is 0 Å². The first kappa shape index (κ1) is 42.4. The largest absolute Gasteiger partial charge is 0.347 e. The third-order valence-corrected chi connectivity index (χ3v) is 9.65. The highest BCUT2D eigenvalue weighted by molar-refractivity contribution is 4.92. The molecule has 3 nitrogen and oxygen atoms in total. The van der Waals surface area contributed by atoms with Crippen LogP contribution in [0, 0.1) is 0 Å². The molecule has 0 N–H and O–H groups in total. The van der Waals surface area contributed by atoms with Crippen molar-refractivity contribution in [1.82, 2.24) is 4.90 Å². The maximum atomic E-state index is 6.63. The van der Waals surface area contributed by atoms with E-state index in [0.29, 0.717) is 0 Å². The van der Waals surface area contributed by atoms with Crippen molar-refractivity contribution in [2.45, 2.75) is 218 Å². The zero-order chi connectivity index (χ0) is 32.5. The SMILES string of the molecule is CCCCC/C=C\C/C=C\CCCCCCCC[C@]1(CCCCCCCCCCCCCCCCCC)OC[C@H](CN(C)C)O1. The van der Waals surface area contributed by atoms with Crippen LogP contribution >= 0.6 is 0 Å². The van der Waals surface area contributed by atoms with E-state index in [1.165, 1.54) is 173 Å². The zero-order valence-electron chi connectivity index (χ0n) is 31.3. The Kier molecular flexibility index (Phi) is 30.1. The third kappa shape index (κ3) is 27.1. The standard InChI is InChI=1S/C42H81NO2/c1-5-7-9-11-13-15-17-19-21-23-25-27-29-31-33-35-37-42(44-40-41(45-42)39-43(3)4)38-36-34-32-30-28-26-24-22-20-18-16-14-12-10-8-6-2/h13,15,19,21,41H,5-12,14,16-18,20,22-40H2,1-4H3/b15-13-,21-19-/t41-,42-/m0/s1. The molecule has 0 spiro atoms. The van der Waals surface area contributed by atoms with Crippen LogP contribution in [0.1, 0.15) is 206 Å². The molecular weight excluding hydrogens is 550 g/mol. The molecule has 0 aliphatic carbocycles. The van der Waals surface area contributed by atoms with Crippen LogP contribution in [0.3, 0.4) is 0 Å². The topological polar surface area (TPSA) is 21.7 Å². The van der Waals surface area contributed by atoms with Crippen LogP contribution in [0.25, 0.3) is 0 Å². The number of likely N-dealkylation sites (N-methyl/N-ethyl adjacent to an activating group) is 1. The number of unbranched alkanes of at least 4 members (excludes halogenated alkanes) is 24. The second kappa shape index (κ2) is 31.9. The van der Waals surface area contributed by atoms with Crippen LogP contribution in [0.4, 0.5) is 0 Å². The van der Waals surface area contributed by atoms with Gasteiger partial charge in [0.2, 0.25) is 0 Å². The van der Waals surface area contributed by atoms with E-state index in [-0.39, 0.29) is 11.9 Å². The predicted octanol–water partition coefficient (Wildman–Crippen LogP) is 13.5. The molecule has 0 unspecified atom stereocenters. The lowest BCUT2D eigenvalue weighted by atomic mass is 9.98. The normalized spacial score (nSPS) is 18.8. The Morgan fingerprint density at radius 2 is 0.889 bits per heavy atom. The number of allylic oxidation sites excluding steroid dienone is 4. The molecule has 1 saturated heterocycles. The first-order valence-corrected chi connectivity index (χ1v) is 20.4. The minimum absolute atomic E-state index is 0.227. The highest BCUT2D eigenvalue weighted by atomic mass is 16.7. The molecule has 1 aliphatic heterocycles. The van der Waals surface area contributed by atoms with Gasteiger partial charge in [0.05, 0.1) is 12.7 Å². The molecular formula is C42H81NO2. The molecule has 1 aliphatic rings. The Morgan fingerprint density at radius 3 is 1.33 bits per heavy atom. The second-order valence-electron chi connectivity index (χ2n) is 14.6. The Balaban J connectivity index is 2.08. The fraction of sp³-hybridized carbons (Fsp3) is 0.905. The maximum absolute atomic E-state index is 6.63. The molecule has 0 radical (unpaired) electrons. The van der Waals surface area contributed by atoms with Gasteiger partial charge in [-0.15, -0.1) is 0 Å². The third-order valence-electron chi connectivity index (χ3n) is 9.65. The van der Waals surface area contributed by atoms with Crippen molar-refractivity contribution < 1.29 is 9.47 Å². The number of rotatable bonds is 34. The van der Waals surface area contributed by atoms with Crippen molar-refractivity contribution in [2.75, 3.05) is 27.2 Å². The fourth-order valence-electron chi connectivity index (χ4n) is 6.83. The highest BCUT2D eigenvalue weighted by Gasteiger charge is 2.40. The summed E-state index contributed by atoms with van der Waals surface area (Å²) in [5.41, 5.74) is 0. The van der Waals surface area contributed by atoms with E-state index < -0.39 is 0 Å². The Hall–Kier alpha value is -0.640. The van der Waals surface area contributed by atoms with Crippen molar-refractivity contribution in [3.8, 4) is 0 Å². The lowest BCUT2D eigenvalue weighted by Gasteiger charge is -2.29. The summed E-state index contributed by atoms with van der Waals surface area (Å²) in [6, 6.07) is 0. The van der Waals surface area contributed by atoms with Crippen molar-refractivity contribution in [2.24, 2.45) is 0 Å². The lowest BCUT2D eigenvalue weighted by molar-refractivity contribution is -0.180. The first-order chi connectivity index (χ1) is 22.1. The molecule has 0 aromatic heterocycles. The van der Waals surface area contributed by atoms with Gasteiger partial charge in [-0.3, -0.25) is 0 Å². The molecule has 266 valence electrons. The summed E-state index contributed by atoms with van der Waals surface area (Å²) in [4.78, 5) is 2.24. The van der Waals surface area contributed by atoms with Crippen LogP contribution < -0.4 is 0 Å². The molecule has 0 saturated carbocycles. The average molecular weight is 632 g/mol. The van der Waals surface area contributed by atoms with E-state index in [2.05, 4.69) is 57.1 Å². The summed E-state index contributed by atoms with van der Waals surface area (Å²) in [5.74, 6) is -0.314. The van der Waals surface area contributed by atoms with Gasteiger partial charge in [0.25, 0.3) is 0 Å². The van der Waals surface area contributed by atoms with Crippen LogP contribution in [-0.4, -0.2) is 44.0 Å². The molecule has 0 aromatic rings. The molecule has 0 bridgehead atoms. The summed E-state index contributed by atoms with van der Waals surface area (Å²) in [6.07, 6.45) is 50.0. The Bertz CT molecular complexity index is 659. The molecule has 1 rings (SSSR count). The molecule has 1 fully saturated rings. The molecule has 3 heteroatoms. The quantitative estimate of drug-likeness (QED) is 0.0521. The van der Waals surface area contributed by atoms with Gasteiger partial charge >= 0.3 is 0 Å². The molecule has 2 atom stereocenters. The maximum Gasteiger partial charge on any atom is 0.168 e. The van der Waals surface area contributed by atoms with E-state index in [0.717, 1.165) is 32.4 Å². The van der Waals surface area contributed by atoms with Crippen molar-refractivity contribution in [1.29, 1.82) is 0 Å². The summed E-state index contributed by atoms with van der Waals surface area (Å²) in [7, 11) is 4.28. The minimum atomic E-state index is -0.314. The van der Waals surface area contributed by atoms with Gasteiger partial charge in [0, 0.05) is 19.4 Å². The van der Waals surface area contributed by atoms with Crippen molar-refractivity contribution in [3.63, 3.8) is 0 Å². The summed E-state index contributed by atoms with van der Waals surface area (Å²) >= 11 is 0. The van der Waals surface area contributed by atoms with Gasteiger partial charge in [-0.25, -0.2) is 0 Å².